The Morgan fingerprint density at radius 3 is 1.52 bits per heavy atom. The van der Waals surface area contributed by atoms with Gasteiger partial charge < -0.3 is 0 Å². The molecule has 0 aliphatic heterocycles. The second-order valence-electron chi connectivity index (χ2n) is 9.54. The Bertz CT molecular complexity index is 973. The van der Waals surface area contributed by atoms with Gasteiger partial charge in [-0.05, 0) is 87.6 Å². The highest BCUT2D eigenvalue weighted by atomic mass is 14.0. The van der Waals surface area contributed by atoms with E-state index in [1.165, 1.54) is 52.7 Å². The predicted octanol–water partition coefficient (Wildman–Crippen LogP) is 14.1. The fourth-order valence-electron chi connectivity index (χ4n) is 3.10. The van der Waals surface area contributed by atoms with Gasteiger partial charge in [-0.25, -0.2) is 0 Å². The number of unbranched alkanes of at least 4 members (excludes halogenated alkanes) is 1. The molecule has 0 aliphatic rings. The highest BCUT2D eigenvalue weighted by molar-refractivity contribution is 5.62. The van der Waals surface area contributed by atoms with E-state index in [0.717, 1.165) is 30.4 Å². The van der Waals surface area contributed by atoms with Crippen molar-refractivity contribution in [2.24, 2.45) is 0 Å². The molecule has 0 fully saturated rings. The van der Waals surface area contributed by atoms with E-state index >= 15 is 0 Å². The van der Waals surface area contributed by atoms with Crippen LogP contribution in [-0.4, -0.2) is 0 Å². The Labute approximate surface area is 264 Å². The molecule has 0 heteroatoms. The Kier molecular flexibility index (Phi) is 37.2. The molecule has 0 saturated carbocycles. The number of allylic oxidation sites excluding steroid dienone is 8. The van der Waals surface area contributed by atoms with E-state index in [2.05, 4.69) is 109 Å². The zero-order chi connectivity index (χ0) is 33.3. The summed E-state index contributed by atoms with van der Waals surface area (Å²) >= 11 is 0. The third-order valence-electron chi connectivity index (χ3n) is 5.84. The van der Waals surface area contributed by atoms with E-state index in [9.17, 15) is 0 Å². The Hall–Kier alpha value is -3.12. The average Bonchev–Trinajstić information content (AvgIpc) is 3.03. The second kappa shape index (κ2) is 34.1. The highest BCUT2D eigenvalue weighted by Crippen LogP contribution is 2.17. The summed E-state index contributed by atoms with van der Waals surface area (Å²) in [6, 6.07) is 17.4. The summed E-state index contributed by atoms with van der Waals surface area (Å²) in [5, 5.41) is 0. The molecule has 0 heterocycles. The first-order valence-electron chi connectivity index (χ1n) is 16.2. The molecule has 0 aromatic heterocycles. The smallest absolute Gasteiger partial charge is 0.0228 e. The molecule has 2 aromatic rings. The van der Waals surface area contributed by atoms with Crippen LogP contribution in [0.15, 0.2) is 116 Å². The molecule has 0 spiro atoms. The van der Waals surface area contributed by atoms with Gasteiger partial charge in [-0.15, -0.1) is 6.58 Å². The average molecular weight is 573 g/mol. The lowest BCUT2D eigenvalue weighted by Gasteiger charge is -2.06. The summed E-state index contributed by atoms with van der Waals surface area (Å²) in [5.41, 5.74) is 10.2. The van der Waals surface area contributed by atoms with E-state index in [4.69, 9.17) is 0 Å². The van der Waals surface area contributed by atoms with Gasteiger partial charge in [0.15, 0.2) is 0 Å². The second-order valence-corrected chi connectivity index (χ2v) is 9.54. The van der Waals surface area contributed by atoms with Gasteiger partial charge in [0.25, 0.3) is 0 Å². The molecule has 0 saturated heterocycles. The van der Waals surface area contributed by atoms with Gasteiger partial charge in [-0.1, -0.05) is 171 Å². The van der Waals surface area contributed by atoms with Gasteiger partial charge >= 0.3 is 0 Å². The summed E-state index contributed by atoms with van der Waals surface area (Å²) in [6.07, 6.45) is 14.8. The molecule has 0 radical (unpaired) electrons. The summed E-state index contributed by atoms with van der Waals surface area (Å²) in [7, 11) is 0. The molecule has 2 rings (SSSR count). The standard InChI is InChI=1S/C13H18.2C10H14.C5H10.2C2H6/c1-5-11-7-12(6-2)9-13(8-11)10(3)4;1-2-3-7-10-8-5-4-6-9-10;1-5-7-8-10(6-2)9(3)4;1-4-5(2)3;2*1-2/h7-9H,3,5-6H2,1-2,4H3;4-6,8-9H,2-3,7H2,1H3;5-8H,1,3H2,2,4H3;2,4H2,1,3H3;2*1-2H3/b;;8-7-,10-6+;;;. The van der Waals surface area contributed by atoms with Crippen molar-refractivity contribution in [1.82, 2.24) is 0 Å². The van der Waals surface area contributed by atoms with E-state index in [1.807, 2.05) is 66.7 Å². The van der Waals surface area contributed by atoms with Crippen molar-refractivity contribution in [1.29, 1.82) is 0 Å². The highest BCUT2D eigenvalue weighted by Gasteiger charge is 1.99. The normalized spacial score (nSPS) is 9.48. The number of aryl methyl sites for hydroxylation is 3. The number of hydrogen-bond donors (Lipinski definition) is 0. The van der Waals surface area contributed by atoms with Crippen LogP contribution in [0.1, 0.15) is 125 Å². The maximum absolute atomic E-state index is 3.98. The molecule has 0 atom stereocenters. The lowest BCUT2D eigenvalue weighted by atomic mass is 9.99. The molecular formula is C42H68. The SMILES string of the molecule is C=C(C)CC.C=C(C)c1cc(CC)cc(CC)c1.C=C/C=C\C(=C/C)C(=C)C.CC.CC.CCCCc1ccccc1. The molecule has 236 valence electrons. The summed E-state index contributed by atoms with van der Waals surface area (Å²) in [6.45, 7) is 39.8. The van der Waals surface area contributed by atoms with Gasteiger partial charge in [0.05, 0.1) is 0 Å². The van der Waals surface area contributed by atoms with Crippen LogP contribution in [0, 0.1) is 0 Å². The fourth-order valence-corrected chi connectivity index (χ4v) is 3.10. The quantitative estimate of drug-likeness (QED) is 0.196. The molecule has 0 unspecified atom stereocenters. The van der Waals surface area contributed by atoms with Crippen molar-refractivity contribution in [2.75, 3.05) is 0 Å². The molecule has 42 heavy (non-hydrogen) atoms. The summed E-state index contributed by atoms with van der Waals surface area (Å²) in [4.78, 5) is 0. The van der Waals surface area contributed by atoms with Gasteiger partial charge in [-0.3, -0.25) is 0 Å². The number of hydrogen-bond acceptors (Lipinski definition) is 0. The first kappa shape index (κ1) is 45.9. The van der Waals surface area contributed by atoms with Crippen LogP contribution in [0.4, 0.5) is 0 Å². The largest absolute Gasteiger partial charge is 0.100 e. The van der Waals surface area contributed by atoms with Crippen molar-refractivity contribution in [3.8, 4) is 0 Å². The molecular weight excluding hydrogens is 504 g/mol. The molecule has 0 amide bonds. The molecule has 0 bridgehead atoms. The first-order chi connectivity index (χ1) is 20.1. The first-order valence-corrected chi connectivity index (χ1v) is 16.2. The Morgan fingerprint density at radius 1 is 0.738 bits per heavy atom. The van der Waals surface area contributed by atoms with Crippen molar-refractivity contribution in [3.05, 3.63) is 138 Å². The van der Waals surface area contributed by atoms with Crippen LogP contribution < -0.4 is 0 Å². The lowest BCUT2D eigenvalue weighted by Crippen LogP contribution is -1.89. The maximum Gasteiger partial charge on any atom is -0.0228 e. The van der Waals surface area contributed by atoms with Crippen molar-refractivity contribution in [2.45, 2.75) is 122 Å². The van der Waals surface area contributed by atoms with Crippen molar-refractivity contribution < 1.29 is 0 Å². The third kappa shape index (κ3) is 28.4. The van der Waals surface area contributed by atoms with Crippen LogP contribution in [0.2, 0.25) is 0 Å². The Balaban J connectivity index is -0.000000228. The van der Waals surface area contributed by atoms with Crippen LogP contribution in [0.25, 0.3) is 5.57 Å². The van der Waals surface area contributed by atoms with Gasteiger partial charge in [0, 0.05) is 0 Å². The van der Waals surface area contributed by atoms with Gasteiger partial charge in [-0.2, -0.15) is 0 Å². The number of rotatable bonds is 10. The summed E-state index contributed by atoms with van der Waals surface area (Å²) in [5.74, 6) is 0. The van der Waals surface area contributed by atoms with E-state index in [-0.39, 0.29) is 0 Å². The molecule has 0 N–H and O–H groups in total. The van der Waals surface area contributed by atoms with Crippen LogP contribution in [0.3, 0.4) is 0 Å². The fraction of sp³-hybridized carbons (Fsp3) is 0.429. The Morgan fingerprint density at radius 2 is 1.21 bits per heavy atom. The topological polar surface area (TPSA) is 0 Å². The zero-order valence-electron chi connectivity index (χ0n) is 30.0. The van der Waals surface area contributed by atoms with Crippen molar-refractivity contribution >= 4 is 5.57 Å². The zero-order valence-corrected chi connectivity index (χ0v) is 30.0. The third-order valence-corrected chi connectivity index (χ3v) is 5.84. The predicted molar refractivity (Wildman–Crippen MR) is 201 cm³/mol. The monoisotopic (exact) mass is 573 g/mol. The van der Waals surface area contributed by atoms with Crippen LogP contribution in [0.5, 0.6) is 0 Å². The molecule has 0 nitrogen and oxygen atoms in total. The number of benzene rings is 2. The van der Waals surface area contributed by atoms with Crippen molar-refractivity contribution in [3.63, 3.8) is 0 Å². The minimum absolute atomic E-state index is 1.08. The molecule has 0 aliphatic carbocycles. The minimum atomic E-state index is 1.08. The maximum atomic E-state index is 3.98. The molecule has 2 aromatic carbocycles. The van der Waals surface area contributed by atoms with E-state index in [0.29, 0.717) is 0 Å². The van der Waals surface area contributed by atoms with Crippen LogP contribution >= 0.6 is 0 Å². The van der Waals surface area contributed by atoms with Gasteiger partial charge in [0.2, 0.25) is 0 Å². The minimum Gasteiger partial charge on any atom is -0.100 e. The van der Waals surface area contributed by atoms with Gasteiger partial charge in [0.1, 0.15) is 0 Å². The van der Waals surface area contributed by atoms with E-state index < -0.39 is 0 Å². The van der Waals surface area contributed by atoms with Crippen LogP contribution in [-0.2, 0) is 19.3 Å². The van der Waals surface area contributed by atoms with E-state index in [1.54, 1.807) is 6.08 Å². The lowest BCUT2D eigenvalue weighted by molar-refractivity contribution is 0.795. The summed E-state index contributed by atoms with van der Waals surface area (Å²) < 4.78 is 0.